The normalized spacial score (nSPS) is 11.3. The third kappa shape index (κ3) is 1.83. The summed E-state index contributed by atoms with van der Waals surface area (Å²) >= 11 is 0. The van der Waals surface area contributed by atoms with Crippen molar-refractivity contribution in [2.75, 3.05) is 0 Å². The second kappa shape index (κ2) is 3.73. The first-order valence-corrected chi connectivity index (χ1v) is 4.74. The van der Waals surface area contributed by atoms with Crippen molar-refractivity contribution in [2.45, 2.75) is 19.3 Å². The Bertz CT molecular complexity index is 383. The van der Waals surface area contributed by atoms with Crippen molar-refractivity contribution in [2.24, 2.45) is 0 Å². The molecular formula is C11H12N4. The molecule has 0 aromatic carbocycles. The summed E-state index contributed by atoms with van der Waals surface area (Å²) in [6.45, 7) is 4.16. The summed E-state index contributed by atoms with van der Waals surface area (Å²) in [4.78, 5) is 16.3. The lowest BCUT2D eigenvalue weighted by atomic mass is 9.85. The molecule has 0 aliphatic rings. The number of rotatable bonds is 2. The number of hydrogen-bond acceptors (Lipinski definition) is 4. The van der Waals surface area contributed by atoms with Crippen LogP contribution in [0.5, 0.6) is 0 Å². The highest BCUT2D eigenvalue weighted by atomic mass is 14.9. The van der Waals surface area contributed by atoms with Crippen LogP contribution in [0.3, 0.4) is 0 Å². The van der Waals surface area contributed by atoms with Crippen LogP contribution in [0.2, 0.25) is 0 Å². The molecule has 0 aliphatic carbocycles. The molecule has 2 heterocycles. The predicted octanol–water partition coefficient (Wildman–Crippen LogP) is 1.59. The second-order valence-electron chi connectivity index (χ2n) is 3.81. The highest BCUT2D eigenvalue weighted by Gasteiger charge is 2.25. The first-order valence-electron chi connectivity index (χ1n) is 4.74. The van der Waals surface area contributed by atoms with E-state index in [0.717, 1.165) is 11.4 Å². The Morgan fingerprint density at radius 1 is 0.867 bits per heavy atom. The maximum absolute atomic E-state index is 4.26. The van der Waals surface area contributed by atoms with Crippen LogP contribution in [0.15, 0.2) is 37.2 Å². The van der Waals surface area contributed by atoms with Gasteiger partial charge in [0.1, 0.15) is 12.7 Å². The van der Waals surface area contributed by atoms with Crippen molar-refractivity contribution in [3.05, 3.63) is 48.6 Å². The maximum atomic E-state index is 4.26. The summed E-state index contributed by atoms with van der Waals surface area (Å²) < 4.78 is 0. The van der Waals surface area contributed by atoms with Crippen molar-refractivity contribution in [3.8, 4) is 0 Å². The number of nitrogens with zero attached hydrogens (tertiary/aromatic N) is 4. The summed E-state index contributed by atoms with van der Waals surface area (Å²) in [7, 11) is 0. The minimum absolute atomic E-state index is 0.216. The average molecular weight is 200 g/mol. The van der Waals surface area contributed by atoms with E-state index in [4.69, 9.17) is 0 Å². The Kier molecular flexibility index (Phi) is 2.41. The Hall–Kier alpha value is -1.84. The van der Waals surface area contributed by atoms with Crippen molar-refractivity contribution < 1.29 is 0 Å². The third-order valence-corrected chi connectivity index (χ3v) is 2.44. The molecule has 0 aliphatic heterocycles. The van der Waals surface area contributed by atoms with Gasteiger partial charge in [-0.2, -0.15) is 0 Å². The van der Waals surface area contributed by atoms with Gasteiger partial charge in [-0.1, -0.05) is 0 Å². The molecule has 4 heteroatoms. The van der Waals surface area contributed by atoms with Crippen molar-refractivity contribution in [3.63, 3.8) is 0 Å². The molecule has 0 radical (unpaired) electrons. The molecule has 0 unspecified atom stereocenters. The smallest absolute Gasteiger partial charge is 0.115 e. The lowest BCUT2D eigenvalue weighted by Crippen LogP contribution is -2.22. The standard InChI is InChI=1S/C11H12N4/c1-11(2,9-3-5-12-7-14-9)10-4-6-13-8-15-10/h3-8H,1-2H3. The van der Waals surface area contributed by atoms with Gasteiger partial charge in [-0.15, -0.1) is 0 Å². The van der Waals surface area contributed by atoms with E-state index in [1.54, 1.807) is 25.0 Å². The first kappa shape index (κ1) is 9.71. The van der Waals surface area contributed by atoms with Crippen molar-refractivity contribution >= 4 is 0 Å². The van der Waals surface area contributed by atoms with Crippen molar-refractivity contribution in [1.29, 1.82) is 0 Å². The quantitative estimate of drug-likeness (QED) is 0.738. The molecule has 0 spiro atoms. The van der Waals surface area contributed by atoms with E-state index >= 15 is 0 Å². The van der Waals surface area contributed by atoms with Gasteiger partial charge in [0.15, 0.2) is 0 Å². The lowest BCUT2D eigenvalue weighted by Gasteiger charge is -2.22. The summed E-state index contributed by atoms with van der Waals surface area (Å²) in [5.74, 6) is 0. The van der Waals surface area contributed by atoms with E-state index in [9.17, 15) is 0 Å². The topological polar surface area (TPSA) is 51.6 Å². The number of hydrogen-bond donors (Lipinski definition) is 0. The van der Waals surface area contributed by atoms with Crippen LogP contribution in [0.1, 0.15) is 25.2 Å². The van der Waals surface area contributed by atoms with Crippen LogP contribution >= 0.6 is 0 Å². The third-order valence-electron chi connectivity index (χ3n) is 2.44. The Labute approximate surface area is 88.5 Å². The molecule has 0 bridgehead atoms. The monoisotopic (exact) mass is 200 g/mol. The summed E-state index contributed by atoms with van der Waals surface area (Å²) in [5.41, 5.74) is 1.69. The summed E-state index contributed by atoms with van der Waals surface area (Å²) in [6, 6.07) is 3.81. The van der Waals surface area contributed by atoms with E-state index < -0.39 is 0 Å². The Morgan fingerprint density at radius 3 is 1.67 bits per heavy atom. The first-order chi connectivity index (χ1) is 7.21. The maximum Gasteiger partial charge on any atom is 0.115 e. The lowest BCUT2D eigenvalue weighted by molar-refractivity contribution is 0.590. The van der Waals surface area contributed by atoms with Crippen LogP contribution < -0.4 is 0 Å². The molecule has 2 aromatic rings. The van der Waals surface area contributed by atoms with Crippen LogP contribution in [0, 0.1) is 0 Å². The average Bonchev–Trinajstić information content (AvgIpc) is 2.31. The van der Waals surface area contributed by atoms with Gasteiger partial charge in [-0.05, 0) is 26.0 Å². The minimum atomic E-state index is -0.216. The van der Waals surface area contributed by atoms with E-state index in [1.807, 2.05) is 12.1 Å². The molecule has 15 heavy (non-hydrogen) atoms. The molecular weight excluding hydrogens is 188 g/mol. The van der Waals surface area contributed by atoms with Gasteiger partial charge in [0.05, 0.1) is 11.4 Å². The van der Waals surface area contributed by atoms with Gasteiger partial charge in [0.2, 0.25) is 0 Å². The SMILES string of the molecule is CC(C)(c1ccncn1)c1ccncn1. The van der Waals surface area contributed by atoms with Gasteiger partial charge >= 0.3 is 0 Å². The molecule has 2 aromatic heterocycles. The van der Waals surface area contributed by atoms with E-state index in [-0.39, 0.29) is 5.41 Å². The van der Waals surface area contributed by atoms with E-state index in [1.165, 1.54) is 0 Å². The molecule has 0 atom stereocenters. The molecule has 0 saturated heterocycles. The Balaban J connectivity index is 2.44. The van der Waals surface area contributed by atoms with Gasteiger partial charge in [0.25, 0.3) is 0 Å². The minimum Gasteiger partial charge on any atom is -0.245 e. The second-order valence-corrected chi connectivity index (χ2v) is 3.81. The molecule has 4 nitrogen and oxygen atoms in total. The molecule has 0 saturated carbocycles. The molecule has 0 N–H and O–H groups in total. The van der Waals surface area contributed by atoms with Crippen LogP contribution in [-0.4, -0.2) is 19.9 Å². The van der Waals surface area contributed by atoms with Crippen LogP contribution in [0.25, 0.3) is 0 Å². The van der Waals surface area contributed by atoms with Gasteiger partial charge < -0.3 is 0 Å². The van der Waals surface area contributed by atoms with Gasteiger partial charge in [-0.25, -0.2) is 19.9 Å². The van der Waals surface area contributed by atoms with E-state index in [0.29, 0.717) is 0 Å². The van der Waals surface area contributed by atoms with Crippen LogP contribution in [-0.2, 0) is 5.41 Å². The summed E-state index contributed by atoms with van der Waals surface area (Å²) in [5, 5.41) is 0. The molecule has 76 valence electrons. The number of aromatic nitrogens is 4. The van der Waals surface area contributed by atoms with Gasteiger partial charge in [0, 0.05) is 17.8 Å². The zero-order chi connectivity index (χ0) is 10.7. The largest absolute Gasteiger partial charge is 0.245 e. The highest BCUT2D eigenvalue weighted by molar-refractivity contribution is 5.26. The van der Waals surface area contributed by atoms with E-state index in [2.05, 4.69) is 33.8 Å². The molecule has 0 fully saturated rings. The Morgan fingerprint density at radius 2 is 1.33 bits per heavy atom. The predicted molar refractivity (Wildman–Crippen MR) is 56.2 cm³/mol. The molecule has 2 rings (SSSR count). The zero-order valence-electron chi connectivity index (χ0n) is 8.75. The fraction of sp³-hybridized carbons (Fsp3) is 0.273. The molecule has 0 amide bonds. The van der Waals surface area contributed by atoms with Crippen molar-refractivity contribution in [1.82, 2.24) is 19.9 Å². The summed E-state index contributed by atoms with van der Waals surface area (Å²) in [6.07, 6.45) is 6.59. The fourth-order valence-electron chi connectivity index (χ4n) is 1.45. The van der Waals surface area contributed by atoms with Crippen LogP contribution in [0.4, 0.5) is 0 Å². The fourth-order valence-corrected chi connectivity index (χ4v) is 1.45. The highest BCUT2D eigenvalue weighted by Crippen LogP contribution is 2.27. The zero-order valence-corrected chi connectivity index (χ0v) is 8.75. The van der Waals surface area contributed by atoms with Gasteiger partial charge in [-0.3, -0.25) is 0 Å².